The third-order valence-electron chi connectivity index (χ3n) is 4.79. The van der Waals surface area contributed by atoms with E-state index in [1.165, 1.54) is 22.9 Å². The Bertz CT molecular complexity index is 1290. The Balaban J connectivity index is 1.60. The van der Waals surface area contributed by atoms with Crippen molar-refractivity contribution in [3.8, 4) is 0 Å². The molecule has 0 atom stereocenters. The van der Waals surface area contributed by atoms with Crippen LogP contribution in [-0.2, 0) is 16.6 Å². The molecule has 0 unspecified atom stereocenters. The second-order valence-corrected chi connectivity index (χ2v) is 9.43. The van der Waals surface area contributed by atoms with Crippen LogP contribution in [0.2, 0.25) is 5.15 Å². The highest BCUT2D eigenvalue weighted by Gasteiger charge is 2.21. The minimum Gasteiger partial charge on any atom is -0.351 e. The first-order valence-electron chi connectivity index (χ1n) is 9.89. The summed E-state index contributed by atoms with van der Waals surface area (Å²) in [6, 6.07) is 12.6. The quantitative estimate of drug-likeness (QED) is 0.268. The zero-order valence-electron chi connectivity index (χ0n) is 17.9. The summed E-state index contributed by atoms with van der Waals surface area (Å²) in [7, 11) is -3.98. The van der Waals surface area contributed by atoms with Crippen molar-refractivity contribution >= 4 is 33.2 Å². The van der Waals surface area contributed by atoms with Gasteiger partial charge in [0.25, 0.3) is 11.6 Å². The fourth-order valence-electron chi connectivity index (χ4n) is 3.08. The van der Waals surface area contributed by atoms with Gasteiger partial charge in [-0.1, -0.05) is 47.5 Å². The normalized spacial score (nSPS) is 11.4. The van der Waals surface area contributed by atoms with E-state index >= 15 is 0 Å². The molecule has 0 aliphatic carbocycles. The van der Waals surface area contributed by atoms with Crippen LogP contribution in [0.25, 0.3) is 0 Å². The summed E-state index contributed by atoms with van der Waals surface area (Å²) >= 11 is 6.38. The standard InChI is InChI=1S/C21H22ClN5O5S/c1-14-6-8-16(9-7-14)13-26-20(22)19(15(2)25-26)21(28)23-10-11-24-33(31,32)18-5-3-4-17(12-18)27(29)30/h3-9,12,24H,10-11,13H2,1-2H3,(H,23,28). The van der Waals surface area contributed by atoms with Gasteiger partial charge >= 0.3 is 0 Å². The van der Waals surface area contributed by atoms with Crippen LogP contribution in [-0.4, -0.2) is 42.1 Å². The van der Waals surface area contributed by atoms with E-state index in [2.05, 4.69) is 15.1 Å². The van der Waals surface area contributed by atoms with Crippen molar-refractivity contribution in [3.63, 3.8) is 0 Å². The highest BCUT2D eigenvalue weighted by Crippen LogP contribution is 2.21. The van der Waals surface area contributed by atoms with E-state index < -0.39 is 20.9 Å². The number of nitro groups is 1. The minimum absolute atomic E-state index is 0.0219. The molecule has 0 aliphatic heterocycles. The summed E-state index contributed by atoms with van der Waals surface area (Å²) in [5, 5.41) is 18.0. The van der Waals surface area contributed by atoms with Crippen molar-refractivity contribution in [2.45, 2.75) is 25.3 Å². The first-order valence-corrected chi connectivity index (χ1v) is 11.8. The third kappa shape index (κ3) is 5.95. The van der Waals surface area contributed by atoms with Gasteiger partial charge in [-0.3, -0.25) is 14.9 Å². The lowest BCUT2D eigenvalue weighted by Crippen LogP contribution is -2.35. The van der Waals surface area contributed by atoms with E-state index in [0.29, 0.717) is 12.2 Å². The number of sulfonamides is 1. The molecule has 0 radical (unpaired) electrons. The Morgan fingerprint density at radius 2 is 1.85 bits per heavy atom. The zero-order valence-corrected chi connectivity index (χ0v) is 19.5. The van der Waals surface area contributed by atoms with Crippen LogP contribution in [0.3, 0.4) is 0 Å². The van der Waals surface area contributed by atoms with E-state index in [0.717, 1.165) is 17.2 Å². The van der Waals surface area contributed by atoms with Crippen LogP contribution in [0.15, 0.2) is 53.4 Å². The molecule has 1 aromatic heterocycles. The topological polar surface area (TPSA) is 136 Å². The maximum atomic E-state index is 12.6. The van der Waals surface area contributed by atoms with Gasteiger partial charge in [0, 0.05) is 25.2 Å². The summed E-state index contributed by atoms with van der Waals surface area (Å²) in [5.41, 5.74) is 2.43. The maximum Gasteiger partial charge on any atom is 0.270 e. The predicted octanol–water partition coefficient (Wildman–Crippen LogP) is 2.82. The Kier molecular flexibility index (Phi) is 7.46. The summed E-state index contributed by atoms with van der Waals surface area (Å²) in [5.74, 6) is -0.484. The number of rotatable bonds is 9. The lowest BCUT2D eigenvalue weighted by molar-refractivity contribution is -0.385. The van der Waals surface area contributed by atoms with Crippen molar-refractivity contribution in [2.75, 3.05) is 13.1 Å². The van der Waals surface area contributed by atoms with Gasteiger partial charge in [-0.15, -0.1) is 0 Å². The van der Waals surface area contributed by atoms with Crippen molar-refractivity contribution in [3.05, 3.63) is 86.2 Å². The first-order chi connectivity index (χ1) is 15.6. The van der Waals surface area contributed by atoms with Crippen LogP contribution in [0, 0.1) is 24.0 Å². The van der Waals surface area contributed by atoms with Gasteiger partial charge in [-0.2, -0.15) is 5.10 Å². The minimum atomic E-state index is -3.98. The van der Waals surface area contributed by atoms with E-state index in [4.69, 9.17) is 11.6 Å². The Morgan fingerprint density at radius 1 is 1.15 bits per heavy atom. The van der Waals surface area contributed by atoms with Gasteiger partial charge in [-0.25, -0.2) is 17.8 Å². The molecule has 2 N–H and O–H groups in total. The first kappa shape index (κ1) is 24.4. The molecular formula is C21H22ClN5O5S. The molecule has 2 aromatic carbocycles. The Hall–Kier alpha value is -3.28. The largest absolute Gasteiger partial charge is 0.351 e. The molecule has 0 saturated carbocycles. The molecule has 10 nitrogen and oxygen atoms in total. The number of benzene rings is 2. The lowest BCUT2D eigenvalue weighted by atomic mass is 10.1. The smallest absolute Gasteiger partial charge is 0.270 e. The van der Waals surface area contributed by atoms with Crippen LogP contribution in [0.5, 0.6) is 0 Å². The summed E-state index contributed by atoms with van der Waals surface area (Å²) < 4.78 is 28.5. The molecule has 33 heavy (non-hydrogen) atoms. The number of aryl methyl sites for hydroxylation is 2. The number of carbonyl (C=O) groups excluding carboxylic acids is 1. The van der Waals surface area contributed by atoms with Gasteiger partial charge < -0.3 is 5.32 Å². The van der Waals surface area contributed by atoms with Gasteiger partial charge in [0.1, 0.15) is 5.15 Å². The summed E-state index contributed by atoms with van der Waals surface area (Å²) in [6.45, 7) is 3.91. The number of nitrogens with one attached hydrogen (secondary N) is 2. The highest BCUT2D eigenvalue weighted by atomic mass is 35.5. The van der Waals surface area contributed by atoms with E-state index in [1.54, 1.807) is 6.92 Å². The fourth-order valence-corrected chi connectivity index (χ4v) is 4.47. The monoisotopic (exact) mass is 491 g/mol. The molecule has 1 amide bonds. The fraction of sp³-hybridized carbons (Fsp3) is 0.238. The van der Waals surface area contributed by atoms with Crippen LogP contribution < -0.4 is 10.0 Å². The molecule has 0 aliphatic rings. The molecule has 12 heteroatoms. The van der Waals surface area contributed by atoms with Gasteiger partial charge in [0.15, 0.2) is 0 Å². The number of hydrogen-bond acceptors (Lipinski definition) is 6. The molecule has 0 bridgehead atoms. The average molecular weight is 492 g/mol. The molecule has 174 valence electrons. The Labute approximate surface area is 195 Å². The van der Waals surface area contributed by atoms with Crippen molar-refractivity contribution in [1.29, 1.82) is 0 Å². The summed E-state index contributed by atoms with van der Waals surface area (Å²) in [6.07, 6.45) is 0. The van der Waals surface area contributed by atoms with Gasteiger partial charge in [0.2, 0.25) is 10.0 Å². The van der Waals surface area contributed by atoms with Crippen molar-refractivity contribution in [2.24, 2.45) is 0 Å². The van der Waals surface area contributed by atoms with Crippen LogP contribution in [0.4, 0.5) is 5.69 Å². The second kappa shape index (κ2) is 10.1. The second-order valence-electron chi connectivity index (χ2n) is 7.30. The van der Waals surface area contributed by atoms with Crippen molar-refractivity contribution < 1.29 is 18.1 Å². The maximum absolute atomic E-state index is 12.6. The van der Waals surface area contributed by atoms with Gasteiger partial charge in [-0.05, 0) is 25.5 Å². The highest BCUT2D eigenvalue weighted by molar-refractivity contribution is 7.89. The zero-order chi connectivity index (χ0) is 24.2. The van der Waals surface area contributed by atoms with Crippen molar-refractivity contribution in [1.82, 2.24) is 19.8 Å². The van der Waals surface area contributed by atoms with Crippen LogP contribution >= 0.6 is 11.6 Å². The number of halogens is 1. The van der Waals surface area contributed by atoms with E-state index in [-0.39, 0.29) is 34.4 Å². The van der Waals surface area contributed by atoms with E-state index in [9.17, 15) is 23.3 Å². The number of non-ortho nitro benzene ring substituents is 1. The number of hydrogen-bond donors (Lipinski definition) is 2. The summed E-state index contributed by atoms with van der Waals surface area (Å²) in [4.78, 5) is 22.5. The molecule has 0 spiro atoms. The molecule has 1 heterocycles. The molecule has 3 rings (SSSR count). The average Bonchev–Trinajstić information content (AvgIpc) is 3.05. The number of nitrogens with zero attached hydrogens (tertiary/aromatic N) is 3. The number of carbonyl (C=O) groups is 1. The number of amides is 1. The molecule has 0 fully saturated rings. The lowest BCUT2D eigenvalue weighted by Gasteiger charge is -2.08. The molecule has 0 saturated heterocycles. The molecule has 3 aromatic rings. The number of nitro benzene ring substituents is 1. The SMILES string of the molecule is Cc1ccc(Cn2nc(C)c(C(=O)NCCNS(=O)(=O)c3cccc([N+](=O)[O-])c3)c2Cl)cc1. The van der Waals surface area contributed by atoms with Gasteiger partial charge in [0.05, 0.1) is 27.6 Å². The van der Waals surface area contributed by atoms with E-state index in [1.807, 2.05) is 31.2 Å². The number of aromatic nitrogens is 2. The third-order valence-corrected chi connectivity index (χ3v) is 6.63. The molecular weight excluding hydrogens is 470 g/mol. The van der Waals surface area contributed by atoms with Crippen LogP contribution in [0.1, 0.15) is 27.2 Å². The Morgan fingerprint density at radius 3 is 2.52 bits per heavy atom. The predicted molar refractivity (Wildman–Crippen MR) is 123 cm³/mol.